The van der Waals surface area contributed by atoms with Gasteiger partial charge in [0.1, 0.15) is 0 Å². The van der Waals surface area contributed by atoms with E-state index >= 15 is 0 Å². The largest absolute Gasteiger partial charge is 0.307 e. The molecule has 0 fully saturated rings. The van der Waals surface area contributed by atoms with Gasteiger partial charge in [0.25, 0.3) is 0 Å². The molecular weight excluding hydrogens is 827 g/mol. The Balaban J connectivity index is 1.11. The summed E-state index contributed by atoms with van der Waals surface area (Å²) in [5.41, 5.74) is 15.2. The molecule has 0 radical (unpaired) electrons. The standard InChI is InChI=1S/C63H49N5/c1-62(2)36-37-63(3,4)56-47(29-17-31-53(56)62)43-23-15-25-45(39-43)67-54-32-12-10-27-48(54)50-34-35-51-49-28-11-13-33-55(49)68(58(51)57(50)67)61-65-59(44-24-14-22-42(38-44)40-18-6-5-7-19-40)64-60(66-61)52-30-16-21-41-20-8-9-26-46(41)52/h5-35,38-39H,36-37H2,1-4H3. The molecule has 0 atom stereocenters. The van der Waals surface area contributed by atoms with Gasteiger partial charge < -0.3 is 4.57 Å². The average Bonchev–Trinajstić information content (AvgIpc) is 3.91. The van der Waals surface area contributed by atoms with Crippen LogP contribution in [0.1, 0.15) is 51.7 Å². The first kappa shape index (κ1) is 40.2. The summed E-state index contributed by atoms with van der Waals surface area (Å²) in [5.74, 6) is 1.79. The number of benzene rings is 9. The third kappa shape index (κ3) is 6.26. The summed E-state index contributed by atoms with van der Waals surface area (Å²) < 4.78 is 4.78. The molecule has 3 heterocycles. The highest BCUT2D eigenvalue weighted by molar-refractivity contribution is 6.23. The maximum Gasteiger partial charge on any atom is 0.238 e. The second-order valence-corrected chi connectivity index (χ2v) is 19.9. The summed E-state index contributed by atoms with van der Waals surface area (Å²) in [6, 6.07) is 72.2. The molecule has 0 N–H and O–H groups in total. The van der Waals surface area contributed by atoms with Crippen molar-refractivity contribution in [3.63, 3.8) is 0 Å². The van der Waals surface area contributed by atoms with Crippen molar-refractivity contribution in [2.24, 2.45) is 0 Å². The summed E-state index contributed by atoms with van der Waals surface area (Å²) in [7, 11) is 0. The Labute approximate surface area is 396 Å². The summed E-state index contributed by atoms with van der Waals surface area (Å²) in [5, 5.41) is 6.85. The van der Waals surface area contributed by atoms with Gasteiger partial charge in [0.2, 0.25) is 5.95 Å². The van der Waals surface area contributed by atoms with E-state index in [1.165, 1.54) is 39.4 Å². The lowest BCUT2D eigenvalue weighted by molar-refractivity contribution is 0.333. The third-order valence-corrected chi connectivity index (χ3v) is 14.8. The van der Waals surface area contributed by atoms with E-state index in [0.717, 1.165) is 78.0 Å². The van der Waals surface area contributed by atoms with Crippen LogP contribution in [0.2, 0.25) is 0 Å². The Kier molecular flexibility index (Phi) is 8.97. The van der Waals surface area contributed by atoms with Gasteiger partial charge in [-0.3, -0.25) is 4.57 Å². The molecule has 0 aliphatic heterocycles. The first-order valence-electron chi connectivity index (χ1n) is 23.8. The van der Waals surface area contributed by atoms with Gasteiger partial charge >= 0.3 is 0 Å². The van der Waals surface area contributed by atoms with Gasteiger partial charge in [0.15, 0.2) is 11.6 Å². The molecule has 68 heavy (non-hydrogen) atoms. The summed E-state index contributed by atoms with van der Waals surface area (Å²) in [4.78, 5) is 16.4. The zero-order chi connectivity index (χ0) is 45.7. The molecule has 5 nitrogen and oxygen atoms in total. The Morgan fingerprint density at radius 2 is 0.941 bits per heavy atom. The lowest BCUT2D eigenvalue weighted by atomic mass is 9.61. The SMILES string of the molecule is CC1(C)CCC(C)(C)c2c(-c3cccc(-n4c5ccccc5c5ccc6c7ccccc7n(-c7nc(-c8cccc(-c9ccccc9)c8)nc(-c8cccc9ccccc89)n7)c6c54)c3)cccc21. The Hall–Kier alpha value is -8.15. The van der Waals surface area contributed by atoms with Gasteiger partial charge in [-0.05, 0) is 98.2 Å². The van der Waals surface area contributed by atoms with E-state index in [1.54, 1.807) is 0 Å². The van der Waals surface area contributed by atoms with Crippen molar-refractivity contribution in [3.05, 3.63) is 211 Å². The highest BCUT2D eigenvalue weighted by Crippen LogP contribution is 2.50. The normalized spacial score (nSPS) is 14.3. The number of rotatable bonds is 6. The topological polar surface area (TPSA) is 48.5 Å². The van der Waals surface area contributed by atoms with Crippen LogP contribution in [0.25, 0.3) is 111 Å². The van der Waals surface area contributed by atoms with Crippen molar-refractivity contribution in [2.45, 2.75) is 51.4 Å². The molecule has 0 bridgehead atoms. The van der Waals surface area contributed by atoms with Crippen LogP contribution in [0.3, 0.4) is 0 Å². The molecule has 13 rings (SSSR count). The van der Waals surface area contributed by atoms with Crippen molar-refractivity contribution in [1.29, 1.82) is 0 Å². The number of para-hydroxylation sites is 2. The van der Waals surface area contributed by atoms with Crippen LogP contribution in [0.5, 0.6) is 0 Å². The third-order valence-electron chi connectivity index (χ3n) is 14.8. The molecule has 1 aliphatic rings. The molecule has 9 aromatic carbocycles. The minimum absolute atomic E-state index is 0.0501. The molecule has 326 valence electrons. The first-order valence-corrected chi connectivity index (χ1v) is 23.8. The average molecular weight is 876 g/mol. The molecule has 0 saturated heterocycles. The van der Waals surface area contributed by atoms with Gasteiger partial charge in [0, 0.05) is 38.4 Å². The molecule has 3 aromatic heterocycles. The molecular formula is C63H49N5. The highest BCUT2D eigenvalue weighted by Gasteiger charge is 2.38. The van der Waals surface area contributed by atoms with Crippen molar-refractivity contribution in [1.82, 2.24) is 24.1 Å². The summed E-state index contributed by atoms with van der Waals surface area (Å²) in [6.45, 7) is 9.67. The lowest BCUT2D eigenvalue weighted by Gasteiger charge is -2.43. The molecule has 0 spiro atoms. The number of nitrogens with zero attached hydrogens (tertiary/aromatic N) is 5. The van der Waals surface area contributed by atoms with Crippen LogP contribution >= 0.6 is 0 Å². The summed E-state index contributed by atoms with van der Waals surface area (Å²) in [6.07, 6.45) is 2.33. The quantitative estimate of drug-likeness (QED) is 0.167. The van der Waals surface area contributed by atoms with E-state index in [9.17, 15) is 0 Å². The van der Waals surface area contributed by atoms with E-state index in [0.29, 0.717) is 17.6 Å². The predicted molar refractivity (Wildman–Crippen MR) is 283 cm³/mol. The second-order valence-electron chi connectivity index (χ2n) is 19.9. The van der Waals surface area contributed by atoms with E-state index in [4.69, 9.17) is 15.0 Å². The monoisotopic (exact) mass is 875 g/mol. The van der Waals surface area contributed by atoms with Crippen LogP contribution in [0.15, 0.2) is 200 Å². The maximum atomic E-state index is 5.52. The van der Waals surface area contributed by atoms with Crippen LogP contribution < -0.4 is 0 Å². The predicted octanol–water partition coefficient (Wildman–Crippen LogP) is 16.2. The van der Waals surface area contributed by atoms with E-state index in [2.05, 4.69) is 237 Å². The van der Waals surface area contributed by atoms with Gasteiger partial charge in [-0.2, -0.15) is 9.97 Å². The lowest BCUT2D eigenvalue weighted by Crippen LogP contribution is -2.34. The summed E-state index contributed by atoms with van der Waals surface area (Å²) >= 11 is 0. The second kappa shape index (κ2) is 15.2. The Morgan fingerprint density at radius 1 is 0.382 bits per heavy atom. The van der Waals surface area contributed by atoms with Crippen LogP contribution in [-0.2, 0) is 10.8 Å². The maximum absolute atomic E-state index is 5.52. The van der Waals surface area contributed by atoms with Gasteiger partial charge in [-0.1, -0.05) is 198 Å². The number of aromatic nitrogens is 5. The minimum atomic E-state index is 0.0501. The van der Waals surface area contributed by atoms with Crippen molar-refractivity contribution >= 4 is 54.4 Å². The van der Waals surface area contributed by atoms with E-state index in [-0.39, 0.29) is 10.8 Å². The van der Waals surface area contributed by atoms with Crippen LogP contribution in [-0.4, -0.2) is 24.1 Å². The number of hydrogen-bond acceptors (Lipinski definition) is 3. The molecule has 5 heteroatoms. The fraction of sp³-hybridized carbons (Fsp3) is 0.127. The van der Waals surface area contributed by atoms with Gasteiger partial charge in [-0.15, -0.1) is 0 Å². The highest BCUT2D eigenvalue weighted by atomic mass is 15.2. The molecule has 1 aliphatic carbocycles. The van der Waals surface area contributed by atoms with Crippen molar-refractivity contribution in [3.8, 4) is 56.7 Å². The molecule has 12 aromatic rings. The molecule has 0 saturated carbocycles. The van der Waals surface area contributed by atoms with Gasteiger partial charge in [0.05, 0.1) is 22.1 Å². The van der Waals surface area contributed by atoms with Crippen LogP contribution in [0, 0.1) is 0 Å². The fourth-order valence-corrected chi connectivity index (χ4v) is 11.4. The smallest absolute Gasteiger partial charge is 0.238 e. The van der Waals surface area contributed by atoms with E-state index in [1.807, 2.05) is 0 Å². The fourth-order valence-electron chi connectivity index (χ4n) is 11.4. The first-order chi connectivity index (χ1) is 33.2. The molecule has 0 amide bonds. The number of hydrogen-bond donors (Lipinski definition) is 0. The zero-order valence-electron chi connectivity index (χ0n) is 38.7. The van der Waals surface area contributed by atoms with Gasteiger partial charge in [-0.25, -0.2) is 4.98 Å². The van der Waals surface area contributed by atoms with Crippen LogP contribution in [0.4, 0.5) is 0 Å². The molecule has 0 unspecified atom stereocenters. The van der Waals surface area contributed by atoms with E-state index < -0.39 is 0 Å². The minimum Gasteiger partial charge on any atom is -0.307 e. The Bertz CT molecular complexity index is 3980. The number of fused-ring (bicyclic) bond motifs is 9. The van der Waals surface area contributed by atoms with Crippen molar-refractivity contribution < 1.29 is 0 Å². The zero-order valence-corrected chi connectivity index (χ0v) is 38.7. The Morgan fingerprint density at radius 3 is 1.74 bits per heavy atom. The van der Waals surface area contributed by atoms with Crippen molar-refractivity contribution in [2.75, 3.05) is 0 Å².